The SMILES string of the molecule is CCCCNC(=O)c1cn(C(C)C)cc(C(=O)N2CCc3ccccc3C2)c1=O. The predicted molar refractivity (Wildman–Crippen MR) is 113 cm³/mol. The van der Waals surface area contributed by atoms with Crippen molar-refractivity contribution in [1.29, 1.82) is 0 Å². The van der Waals surface area contributed by atoms with Gasteiger partial charge in [-0.2, -0.15) is 0 Å². The Morgan fingerprint density at radius 3 is 2.48 bits per heavy atom. The number of benzene rings is 1. The van der Waals surface area contributed by atoms with Crippen molar-refractivity contribution in [2.24, 2.45) is 0 Å². The Hall–Kier alpha value is -2.89. The van der Waals surface area contributed by atoms with Crippen molar-refractivity contribution in [3.63, 3.8) is 0 Å². The van der Waals surface area contributed by atoms with Crippen LogP contribution in [0.25, 0.3) is 0 Å². The molecule has 1 N–H and O–H groups in total. The second kappa shape index (κ2) is 9.07. The van der Waals surface area contributed by atoms with Crippen molar-refractivity contribution in [3.8, 4) is 0 Å². The quantitative estimate of drug-likeness (QED) is 0.764. The summed E-state index contributed by atoms with van der Waals surface area (Å²) >= 11 is 0. The lowest BCUT2D eigenvalue weighted by molar-refractivity contribution is 0.0732. The van der Waals surface area contributed by atoms with E-state index >= 15 is 0 Å². The third-order valence-corrected chi connectivity index (χ3v) is 5.35. The molecule has 0 fully saturated rings. The van der Waals surface area contributed by atoms with E-state index in [4.69, 9.17) is 0 Å². The molecule has 0 saturated heterocycles. The Labute approximate surface area is 171 Å². The summed E-state index contributed by atoms with van der Waals surface area (Å²) in [6.45, 7) is 7.49. The van der Waals surface area contributed by atoms with Crippen LogP contribution in [0.1, 0.15) is 71.5 Å². The summed E-state index contributed by atoms with van der Waals surface area (Å²) in [5.41, 5.74) is 1.92. The molecule has 3 rings (SSSR count). The summed E-state index contributed by atoms with van der Waals surface area (Å²) in [7, 11) is 0. The molecule has 6 heteroatoms. The van der Waals surface area contributed by atoms with Crippen LogP contribution in [-0.2, 0) is 13.0 Å². The summed E-state index contributed by atoms with van der Waals surface area (Å²) in [5, 5.41) is 2.79. The second-order valence-electron chi connectivity index (χ2n) is 7.81. The number of pyridine rings is 1. The molecule has 0 saturated carbocycles. The maximum absolute atomic E-state index is 13.2. The van der Waals surface area contributed by atoms with E-state index < -0.39 is 11.3 Å². The topological polar surface area (TPSA) is 71.4 Å². The van der Waals surface area contributed by atoms with Gasteiger partial charge in [-0.05, 0) is 37.8 Å². The van der Waals surface area contributed by atoms with Crippen molar-refractivity contribution < 1.29 is 9.59 Å². The van der Waals surface area contributed by atoms with Crippen molar-refractivity contribution in [2.45, 2.75) is 52.6 Å². The Bertz CT molecular complexity index is 962. The molecule has 2 heterocycles. The molecular weight excluding hydrogens is 366 g/mol. The molecule has 0 atom stereocenters. The van der Waals surface area contributed by atoms with Crippen LogP contribution >= 0.6 is 0 Å². The van der Waals surface area contributed by atoms with Crippen LogP contribution in [-0.4, -0.2) is 34.4 Å². The van der Waals surface area contributed by atoms with E-state index in [0.29, 0.717) is 19.6 Å². The number of carbonyl (C=O) groups excluding carboxylic acids is 2. The number of rotatable bonds is 6. The van der Waals surface area contributed by atoms with Gasteiger partial charge in [0.2, 0.25) is 5.43 Å². The van der Waals surface area contributed by atoms with Gasteiger partial charge in [-0.15, -0.1) is 0 Å². The Kier molecular flexibility index (Phi) is 6.52. The number of unbranched alkanes of at least 4 members (excludes halogenated alkanes) is 1. The third-order valence-electron chi connectivity index (χ3n) is 5.35. The smallest absolute Gasteiger partial charge is 0.259 e. The zero-order valence-corrected chi connectivity index (χ0v) is 17.4. The number of amides is 2. The first-order valence-electron chi connectivity index (χ1n) is 10.3. The second-order valence-corrected chi connectivity index (χ2v) is 7.81. The van der Waals surface area contributed by atoms with E-state index in [0.717, 1.165) is 24.8 Å². The summed E-state index contributed by atoms with van der Waals surface area (Å²) in [6.07, 6.45) is 5.69. The number of hydrogen-bond donors (Lipinski definition) is 1. The fourth-order valence-corrected chi connectivity index (χ4v) is 3.52. The fourth-order valence-electron chi connectivity index (χ4n) is 3.52. The van der Waals surface area contributed by atoms with Gasteiger partial charge in [-0.3, -0.25) is 14.4 Å². The number of aromatic nitrogens is 1. The number of carbonyl (C=O) groups is 2. The summed E-state index contributed by atoms with van der Waals surface area (Å²) in [6, 6.07) is 8.06. The highest BCUT2D eigenvalue weighted by Crippen LogP contribution is 2.20. The van der Waals surface area contributed by atoms with Crippen LogP contribution in [0.15, 0.2) is 41.5 Å². The van der Waals surface area contributed by atoms with Gasteiger partial charge in [0.15, 0.2) is 0 Å². The van der Waals surface area contributed by atoms with E-state index in [1.165, 1.54) is 5.56 Å². The van der Waals surface area contributed by atoms with Crippen LogP contribution in [0.3, 0.4) is 0 Å². The zero-order valence-electron chi connectivity index (χ0n) is 17.4. The molecule has 0 bridgehead atoms. The van der Waals surface area contributed by atoms with Gasteiger partial charge < -0.3 is 14.8 Å². The Balaban J connectivity index is 1.93. The number of nitrogens with one attached hydrogen (secondary N) is 1. The highest BCUT2D eigenvalue weighted by atomic mass is 16.2. The minimum Gasteiger partial charge on any atom is -0.352 e. The van der Waals surface area contributed by atoms with Gasteiger partial charge >= 0.3 is 0 Å². The molecule has 1 aliphatic heterocycles. The van der Waals surface area contributed by atoms with E-state index in [1.807, 2.05) is 39.0 Å². The number of fused-ring (bicyclic) bond motifs is 1. The summed E-state index contributed by atoms with van der Waals surface area (Å²) < 4.78 is 1.77. The lowest BCUT2D eigenvalue weighted by Gasteiger charge is -2.29. The third kappa shape index (κ3) is 4.58. The molecule has 2 amide bonds. The van der Waals surface area contributed by atoms with Crippen LogP contribution in [0, 0.1) is 0 Å². The van der Waals surface area contributed by atoms with Crippen molar-refractivity contribution in [2.75, 3.05) is 13.1 Å². The van der Waals surface area contributed by atoms with Crippen molar-refractivity contribution in [1.82, 2.24) is 14.8 Å². The zero-order chi connectivity index (χ0) is 21.0. The average molecular weight is 396 g/mol. The standard InChI is InChI=1S/C23H29N3O3/c1-4-5-11-24-22(28)19-14-26(16(2)3)15-20(21(19)27)23(29)25-12-10-17-8-6-7-9-18(17)13-25/h6-9,14-16H,4-5,10-13H2,1-3H3,(H,24,28). The Morgan fingerprint density at radius 1 is 1.10 bits per heavy atom. The number of nitrogens with zero attached hydrogens (tertiary/aromatic N) is 2. The maximum Gasteiger partial charge on any atom is 0.259 e. The van der Waals surface area contributed by atoms with E-state index in [-0.39, 0.29) is 23.1 Å². The highest BCUT2D eigenvalue weighted by Gasteiger charge is 2.26. The molecule has 0 unspecified atom stereocenters. The summed E-state index contributed by atoms with van der Waals surface area (Å²) in [4.78, 5) is 40.5. The van der Waals surface area contributed by atoms with E-state index in [9.17, 15) is 14.4 Å². The lowest BCUT2D eigenvalue weighted by atomic mass is 9.99. The molecule has 154 valence electrons. The molecule has 1 aliphatic rings. The fraction of sp³-hybridized carbons (Fsp3) is 0.435. The van der Waals surface area contributed by atoms with Gasteiger partial charge in [0.25, 0.3) is 11.8 Å². The molecule has 2 aromatic rings. The summed E-state index contributed by atoms with van der Waals surface area (Å²) in [5.74, 6) is -0.737. The molecule has 29 heavy (non-hydrogen) atoms. The van der Waals surface area contributed by atoms with Crippen molar-refractivity contribution in [3.05, 3.63) is 69.1 Å². The normalized spacial score (nSPS) is 13.3. The monoisotopic (exact) mass is 395 g/mol. The average Bonchev–Trinajstić information content (AvgIpc) is 2.73. The molecule has 0 radical (unpaired) electrons. The van der Waals surface area contributed by atoms with Gasteiger partial charge in [-0.25, -0.2) is 0 Å². The molecule has 6 nitrogen and oxygen atoms in total. The van der Waals surface area contributed by atoms with Gasteiger partial charge in [0.1, 0.15) is 11.1 Å². The molecule has 0 aliphatic carbocycles. The van der Waals surface area contributed by atoms with Crippen molar-refractivity contribution >= 4 is 11.8 Å². The largest absolute Gasteiger partial charge is 0.352 e. The number of hydrogen-bond acceptors (Lipinski definition) is 3. The van der Waals surface area contributed by atoms with Crippen LogP contribution in [0.4, 0.5) is 0 Å². The Morgan fingerprint density at radius 2 is 1.79 bits per heavy atom. The van der Waals surface area contributed by atoms with Gasteiger partial charge in [0, 0.05) is 38.1 Å². The van der Waals surface area contributed by atoms with Crippen LogP contribution in [0.5, 0.6) is 0 Å². The first kappa shape index (κ1) is 20.8. The van der Waals surface area contributed by atoms with E-state index in [2.05, 4.69) is 11.4 Å². The van der Waals surface area contributed by atoms with Gasteiger partial charge in [0.05, 0.1) is 0 Å². The first-order valence-corrected chi connectivity index (χ1v) is 10.3. The van der Waals surface area contributed by atoms with Crippen LogP contribution < -0.4 is 10.7 Å². The van der Waals surface area contributed by atoms with E-state index in [1.54, 1.807) is 21.9 Å². The highest BCUT2D eigenvalue weighted by molar-refractivity contribution is 5.99. The molecule has 0 spiro atoms. The maximum atomic E-state index is 13.2. The minimum absolute atomic E-state index is 0.0198. The molecular formula is C23H29N3O3. The molecule has 1 aromatic heterocycles. The first-order chi connectivity index (χ1) is 13.9. The lowest BCUT2D eigenvalue weighted by Crippen LogP contribution is -2.40. The minimum atomic E-state index is -0.500. The predicted octanol–water partition coefficient (Wildman–Crippen LogP) is 3.16. The molecule has 1 aromatic carbocycles. The van der Waals surface area contributed by atoms with Crippen LogP contribution in [0.2, 0.25) is 0 Å². The van der Waals surface area contributed by atoms with Gasteiger partial charge in [-0.1, -0.05) is 37.6 Å².